The van der Waals surface area contributed by atoms with Gasteiger partial charge in [-0.15, -0.1) is 0 Å². The summed E-state index contributed by atoms with van der Waals surface area (Å²) in [6.45, 7) is 22.7. The number of hydrogen-bond acceptors (Lipinski definition) is 6. The van der Waals surface area contributed by atoms with E-state index in [-0.39, 0.29) is 33.8 Å². The predicted octanol–water partition coefficient (Wildman–Crippen LogP) is 7.43. The monoisotopic (exact) mass is 724 g/mol. The molecule has 0 aromatic rings. The van der Waals surface area contributed by atoms with Gasteiger partial charge in [0.25, 0.3) is 0 Å². The highest BCUT2D eigenvalue weighted by Crippen LogP contribution is 2.76. The first-order valence-electron chi connectivity index (χ1n) is 20.5. The average Bonchev–Trinajstić information content (AvgIpc) is 3.46. The Hall–Kier alpha value is -1.48. The van der Waals surface area contributed by atoms with E-state index in [9.17, 15) is 23.4 Å². The van der Waals surface area contributed by atoms with Crippen LogP contribution in [-0.4, -0.2) is 79.3 Å². The lowest BCUT2D eigenvalue weighted by Gasteiger charge is -2.72. The van der Waals surface area contributed by atoms with Crippen molar-refractivity contribution in [2.45, 2.75) is 124 Å². The van der Waals surface area contributed by atoms with Crippen LogP contribution < -0.4 is 5.32 Å². The minimum absolute atomic E-state index is 0.0149. The fourth-order valence-electron chi connectivity index (χ4n) is 14.6. The number of allylic oxidation sites excluding steroid dienone is 5. The van der Waals surface area contributed by atoms with Gasteiger partial charge in [0.2, 0.25) is 0 Å². The van der Waals surface area contributed by atoms with Crippen LogP contribution in [-0.2, 0) is 14.6 Å². The molecule has 51 heavy (non-hydrogen) atoms. The molecule has 1 unspecified atom stereocenters. The van der Waals surface area contributed by atoms with Gasteiger partial charge in [-0.1, -0.05) is 58.9 Å². The third kappa shape index (κ3) is 5.72. The Morgan fingerprint density at radius 3 is 2.27 bits per heavy atom. The van der Waals surface area contributed by atoms with Gasteiger partial charge in [-0.05, 0) is 146 Å². The fourth-order valence-corrected chi connectivity index (χ4v) is 15.9. The number of carboxylic acids is 1. The Morgan fingerprint density at radius 2 is 1.65 bits per heavy atom. The van der Waals surface area contributed by atoms with Crippen LogP contribution in [0.5, 0.6) is 0 Å². The molecular formula is C43H68N2O5S. The van der Waals surface area contributed by atoms with Crippen LogP contribution in [0, 0.1) is 56.7 Å². The number of carbonyl (C=O) groups is 1. The van der Waals surface area contributed by atoms with E-state index >= 15 is 0 Å². The predicted molar refractivity (Wildman–Crippen MR) is 205 cm³/mol. The maximum Gasteiger partial charge on any atom is 0.312 e. The number of nitrogens with one attached hydrogen (secondary N) is 1. The first-order chi connectivity index (χ1) is 23.9. The molecule has 1 saturated heterocycles. The van der Waals surface area contributed by atoms with Crippen LogP contribution in [0.25, 0.3) is 0 Å². The van der Waals surface area contributed by atoms with E-state index in [2.05, 4.69) is 70.5 Å². The highest BCUT2D eigenvalue weighted by Gasteiger charge is 2.70. The number of aliphatic hydroxyl groups excluding tert-OH is 1. The van der Waals surface area contributed by atoms with Crippen molar-refractivity contribution in [2.75, 3.05) is 44.3 Å². The molecule has 5 fully saturated rings. The second kappa shape index (κ2) is 12.8. The number of nitrogens with zero attached hydrogens (tertiary/aromatic N) is 1. The summed E-state index contributed by atoms with van der Waals surface area (Å²) in [5.41, 5.74) is 4.01. The highest BCUT2D eigenvalue weighted by atomic mass is 32.2. The number of carboxylic acid groups (broad SMARTS) is 1. The number of fused-ring (bicyclic) bond motifs is 7. The normalized spacial score (nSPS) is 46.1. The number of aliphatic carboxylic acids is 1. The van der Waals surface area contributed by atoms with Crippen LogP contribution in [0.1, 0.15) is 119 Å². The number of rotatable bonds is 8. The first-order valence-corrected chi connectivity index (χ1v) is 22.3. The smallest absolute Gasteiger partial charge is 0.312 e. The van der Waals surface area contributed by atoms with Crippen molar-refractivity contribution in [3.05, 3.63) is 35.5 Å². The molecule has 0 spiro atoms. The molecule has 1 heterocycles. The van der Waals surface area contributed by atoms with Crippen LogP contribution in [0.15, 0.2) is 35.5 Å². The van der Waals surface area contributed by atoms with E-state index < -0.39 is 21.2 Å². The van der Waals surface area contributed by atoms with Gasteiger partial charge in [-0.25, -0.2) is 8.42 Å². The fraction of sp³-hybridized carbons (Fsp3) is 0.837. The highest BCUT2D eigenvalue weighted by molar-refractivity contribution is 7.91. The van der Waals surface area contributed by atoms with E-state index in [1.165, 1.54) is 68.1 Å². The average molecular weight is 725 g/mol. The van der Waals surface area contributed by atoms with Gasteiger partial charge in [0.15, 0.2) is 9.84 Å². The molecule has 8 heteroatoms. The summed E-state index contributed by atoms with van der Waals surface area (Å²) in [5, 5.41) is 24.1. The summed E-state index contributed by atoms with van der Waals surface area (Å²) in [4.78, 5) is 14.4. The molecule has 0 aromatic heterocycles. The Kier molecular flexibility index (Phi) is 9.49. The van der Waals surface area contributed by atoms with Crippen molar-refractivity contribution in [1.29, 1.82) is 0 Å². The molecule has 4 saturated carbocycles. The molecule has 0 aromatic carbocycles. The number of sulfone groups is 1. The summed E-state index contributed by atoms with van der Waals surface area (Å²) in [6, 6.07) is 0. The van der Waals surface area contributed by atoms with Gasteiger partial charge in [-0.2, -0.15) is 0 Å². The van der Waals surface area contributed by atoms with Crippen molar-refractivity contribution in [3.63, 3.8) is 0 Å². The molecule has 7 rings (SSSR count). The van der Waals surface area contributed by atoms with E-state index in [1.54, 1.807) is 0 Å². The number of hydrogen-bond donors (Lipinski definition) is 3. The number of aliphatic hydroxyl groups is 1. The Bertz CT molecular complexity index is 1590. The summed E-state index contributed by atoms with van der Waals surface area (Å²) in [5.74, 6) is 2.78. The van der Waals surface area contributed by atoms with Gasteiger partial charge in [0.05, 0.1) is 23.5 Å². The van der Waals surface area contributed by atoms with E-state index in [4.69, 9.17) is 0 Å². The quantitative estimate of drug-likeness (QED) is 0.224. The van der Waals surface area contributed by atoms with Crippen molar-refractivity contribution >= 4 is 15.8 Å². The SMILES string of the molecule is C=C(C)[C@@H]1CC[C@]2(NCCN3CCS(=O)(=O)CC3)CC[C@]3(C)[C@H](CCC4[C@@]5(C)CC=C(C6=CC[C@](CO)(C(=O)O)CC6)C(C)(C)[C@@H]5CC[C@]43C)[C@@H]12. The zero-order chi connectivity index (χ0) is 36.8. The van der Waals surface area contributed by atoms with Crippen molar-refractivity contribution in [1.82, 2.24) is 10.2 Å². The van der Waals surface area contributed by atoms with Crippen LogP contribution in [0.4, 0.5) is 0 Å². The lowest BCUT2D eigenvalue weighted by atomic mass is 9.33. The van der Waals surface area contributed by atoms with Crippen molar-refractivity contribution in [2.24, 2.45) is 56.7 Å². The summed E-state index contributed by atoms with van der Waals surface area (Å²) < 4.78 is 24.1. The Balaban J connectivity index is 1.13. The largest absolute Gasteiger partial charge is 0.481 e. The first kappa shape index (κ1) is 37.8. The van der Waals surface area contributed by atoms with Gasteiger partial charge in [-0.3, -0.25) is 4.79 Å². The van der Waals surface area contributed by atoms with Gasteiger partial charge >= 0.3 is 5.97 Å². The third-order valence-corrected chi connectivity index (χ3v) is 19.3. The molecule has 1 aliphatic heterocycles. The maximum atomic E-state index is 12.1. The summed E-state index contributed by atoms with van der Waals surface area (Å²) >= 11 is 0. The van der Waals surface area contributed by atoms with Gasteiger partial charge in [0, 0.05) is 31.7 Å². The van der Waals surface area contributed by atoms with Crippen LogP contribution >= 0.6 is 0 Å². The maximum absolute atomic E-state index is 12.1. The molecule has 0 amide bonds. The minimum Gasteiger partial charge on any atom is -0.481 e. The zero-order valence-corrected chi connectivity index (χ0v) is 33.5. The lowest BCUT2D eigenvalue weighted by Crippen LogP contribution is -2.68. The zero-order valence-electron chi connectivity index (χ0n) is 32.7. The molecule has 0 bridgehead atoms. The Morgan fingerprint density at radius 1 is 0.922 bits per heavy atom. The molecule has 0 radical (unpaired) electrons. The van der Waals surface area contributed by atoms with Crippen molar-refractivity contribution < 1.29 is 23.4 Å². The van der Waals surface area contributed by atoms with E-state index in [0.717, 1.165) is 25.9 Å². The van der Waals surface area contributed by atoms with Gasteiger partial charge in [0.1, 0.15) is 0 Å². The van der Waals surface area contributed by atoms with Crippen molar-refractivity contribution in [3.8, 4) is 0 Å². The summed E-state index contributed by atoms with van der Waals surface area (Å²) in [6.07, 6.45) is 17.5. The Labute approximate surface area is 309 Å². The molecule has 10 atom stereocenters. The lowest BCUT2D eigenvalue weighted by molar-refractivity contribution is -0.221. The van der Waals surface area contributed by atoms with E-state index in [1.807, 2.05) is 0 Å². The topological polar surface area (TPSA) is 107 Å². The molecule has 286 valence electrons. The molecule has 6 aliphatic carbocycles. The second-order valence-corrected chi connectivity index (χ2v) is 22.3. The summed E-state index contributed by atoms with van der Waals surface area (Å²) in [7, 11) is -2.87. The van der Waals surface area contributed by atoms with Gasteiger partial charge < -0.3 is 20.4 Å². The third-order valence-electron chi connectivity index (χ3n) is 17.7. The molecule has 3 N–H and O–H groups in total. The van der Waals surface area contributed by atoms with E-state index in [0.29, 0.717) is 67.0 Å². The minimum atomic E-state index is -2.87. The molecule has 7 aliphatic rings. The van der Waals surface area contributed by atoms with Crippen LogP contribution in [0.2, 0.25) is 0 Å². The second-order valence-electron chi connectivity index (χ2n) is 20.0. The molecule has 7 nitrogen and oxygen atoms in total. The van der Waals surface area contributed by atoms with Crippen LogP contribution in [0.3, 0.4) is 0 Å². The molecular weight excluding hydrogens is 657 g/mol. The standard InChI is InChI=1S/C43H68N2O5S/c1-29(2)31-12-19-43(44-22-23-45-24-26-51(49,50)27-25-45)21-20-40(6)33(36(31)43)8-9-35-39(5)15-13-32(38(3,4)34(39)14-16-41(35,40)7)30-10-17-42(28-46,18-11-30)37(47)48/h10,13,31,33-36,44,46H,1,8-9,11-12,14-28H2,2-7H3,(H,47,48)/t31-,33+,34-,35?,36+,39-,40+,41+,42-,43-/m0/s1.